The van der Waals surface area contributed by atoms with Gasteiger partial charge in [-0.3, -0.25) is 4.79 Å². The van der Waals surface area contributed by atoms with E-state index in [1.807, 2.05) is 0 Å². The summed E-state index contributed by atoms with van der Waals surface area (Å²) in [5.74, 6) is -3.38. The lowest BCUT2D eigenvalue weighted by Gasteiger charge is -2.16. The highest BCUT2D eigenvalue weighted by atomic mass is 19.4. The summed E-state index contributed by atoms with van der Waals surface area (Å²) in [6.45, 7) is 3.69. The van der Waals surface area contributed by atoms with Crippen LogP contribution in [0.1, 0.15) is 120 Å². The van der Waals surface area contributed by atoms with Gasteiger partial charge in [0.25, 0.3) is 5.91 Å². The third-order valence-electron chi connectivity index (χ3n) is 5.99. The number of amides is 1. The summed E-state index contributed by atoms with van der Waals surface area (Å²) in [6, 6.07) is 1.07. The molecule has 8 heteroatoms. The Labute approximate surface area is 207 Å². The molecular formula is C27H41F4NO3. The molecule has 35 heavy (non-hydrogen) atoms. The topological polar surface area (TPSA) is 55.4 Å². The minimum absolute atomic E-state index is 0.171. The average Bonchev–Trinajstić information content (AvgIpc) is 2.80. The first-order chi connectivity index (χ1) is 16.7. The number of carbonyl (C=O) groups excluding carboxylic acids is 2. The molecule has 1 atom stereocenters. The fraction of sp³-hybridized carbons (Fsp3) is 0.704. The monoisotopic (exact) mass is 503 g/mol. The van der Waals surface area contributed by atoms with Crippen molar-refractivity contribution in [2.75, 3.05) is 6.61 Å². The number of benzene rings is 1. The number of carbonyl (C=O) groups is 2. The Morgan fingerprint density at radius 1 is 0.857 bits per heavy atom. The highest BCUT2D eigenvalue weighted by Crippen LogP contribution is 2.33. The number of hydrogen-bond acceptors (Lipinski definition) is 3. The van der Waals surface area contributed by atoms with Crippen molar-refractivity contribution in [3.63, 3.8) is 0 Å². The second-order valence-corrected chi connectivity index (χ2v) is 9.12. The number of halogens is 4. The third-order valence-corrected chi connectivity index (χ3v) is 5.99. The van der Waals surface area contributed by atoms with Crippen molar-refractivity contribution in [3.8, 4) is 0 Å². The van der Waals surface area contributed by atoms with Crippen LogP contribution in [0.15, 0.2) is 18.2 Å². The maximum Gasteiger partial charge on any atom is 0.417 e. The van der Waals surface area contributed by atoms with Crippen molar-refractivity contribution in [1.82, 2.24) is 5.32 Å². The minimum Gasteiger partial charge on any atom is -0.464 e. The molecule has 1 rings (SSSR count). The lowest BCUT2D eigenvalue weighted by molar-refractivity contribution is -0.145. The number of unbranched alkanes of at least 4 members (excludes halogenated alkanes) is 13. The molecule has 4 nitrogen and oxygen atoms in total. The molecule has 1 amide bonds. The number of esters is 1. The van der Waals surface area contributed by atoms with Gasteiger partial charge >= 0.3 is 12.1 Å². The molecule has 0 heterocycles. The van der Waals surface area contributed by atoms with Crippen molar-refractivity contribution in [1.29, 1.82) is 0 Å². The van der Waals surface area contributed by atoms with E-state index in [1.165, 1.54) is 71.1 Å². The van der Waals surface area contributed by atoms with Gasteiger partial charge in [-0.15, -0.1) is 0 Å². The van der Waals surface area contributed by atoms with Crippen LogP contribution in [0, 0.1) is 5.82 Å². The van der Waals surface area contributed by atoms with Crippen LogP contribution in [0.3, 0.4) is 0 Å². The Bertz CT molecular complexity index is 752. The van der Waals surface area contributed by atoms with E-state index in [9.17, 15) is 27.2 Å². The fourth-order valence-electron chi connectivity index (χ4n) is 3.91. The first kappa shape index (κ1) is 30.9. The van der Waals surface area contributed by atoms with E-state index in [1.54, 1.807) is 0 Å². The summed E-state index contributed by atoms with van der Waals surface area (Å²) in [4.78, 5) is 24.3. The lowest BCUT2D eigenvalue weighted by atomic mass is 10.0. The van der Waals surface area contributed by atoms with Crippen LogP contribution in [0.25, 0.3) is 0 Å². The quantitative estimate of drug-likeness (QED) is 0.125. The summed E-state index contributed by atoms with van der Waals surface area (Å²) < 4.78 is 58.3. The number of ether oxygens (including phenoxy) is 1. The molecule has 200 valence electrons. The molecule has 0 saturated carbocycles. The summed E-state index contributed by atoms with van der Waals surface area (Å²) in [6.07, 6.45) is 11.9. The van der Waals surface area contributed by atoms with Gasteiger partial charge < -0.3 is 10.1 Å². The Morgan fingerprint density at radius 2 is 1.34 bits per heavy atom. The summed E-state index contributed by atoms with van der Waals surface area (Å²) in [7, 11) is 0. The zero-order valence-electron chi connectivity index (χ0n) is 21.2. The maximum atomic E-state index is 13.9. The number of nitrogens with one attached hydrogen (secondary N) is 1. The fourth-order valence-corrected chi connectivity index (χ4v) is 3.91. The summed E-state index contributed by atoms with van der Waals surface area (Å²) >= 11 is 0. The maximum absolute atomic E-state index is 13.9. The number of rotatable bonds is 18. The van der Waals surface area contributed by atoms with Gasteiger partial charge in [0.1, 0.15) is 11.9 Å². The van der Waals surface area contributed by atoms with E-state index in [2.05, 4.69) is 12.2 Å². The van der Waals surface area contributed by atoms with Crippen LogP contribution in [0.2, 0.25) is 0 Å². The summed E-state index contributed by atoms with van der Waals surface area (Å²) in [5, 5.41) is 2.10. The number of hydrogen-bond donors (Lipinski definition) is 1. The Balaban J connectivity index is 2.15. The van der Waals surface area contributed by atoms with Crippen LogP contribution < -0.4 is 5.32 Å². The minimum atomic E-state index is -4.90. The van der Waals surface area contributed by atoms with E-state index >= 15 is 0 Å². The molecule has 0 bridgehead atoms. The van der Waals surface area contributed by atoms with Crippen LogP contribution in [0.5, 0.6) is 0 Å². The van der Waals surface area contributed by atoms with Crippen molar-refractivity contribution in [2.24, 2.45) is 0 Å². The summed E-state index contributed by atoms with van der Waals surface area (Å²) in [5.41, 5.74) is -2.52. The van der Waals surface area contributed by atoms with Gasteiger partial charge in [-0.25, -0.2) is 9.18 Å². The second kappa shape index (κ2) is 17.3. The van der Waals surface area contributed by atoms with Gasteiger partial charge in [-0.2, -0.15) is 13.2 Å². The second-order valence-electron chi connectivity index (χ2n) is 9.12. The lowest BCUT2D eigenvalue weighted by Crippen LogP contribution is -2.40. The van der Waals surface area contributed by atoms with Gasteiger partial charge in [0.05, 0.1) is 17.7 Å². The Hall–Kier alpha value is -2.12. The highest BCUT2D eigenvalue weighted by molar-refractivity contribution is 5.98. The highest BCUT2D eigenvalue weighted by Gasteiger charge is 2.37. The zero-order valence-corrected chi connectivity index (χ0v) is 21.2. The number of alkyl halides is 3. The molecule has 0 fully saturated rings. The van der Waals surface area contributed by atoms with Crippen LogP contribution >= 0.6 is 0 Å². The standard InChI is InChI=1S/C27H41F4NO3/c1-3-4-5-6-7-8-9-10-11-12-13-14-15-16-20-35-26(34)21(2)32-25(33)24-22(27(29,30)31)18-17-19-23(24)28/h17-19,21H,3-16,20H2,1-2H3,(H,32,33). The molecule has 0 aliphatic carbocycles. The first-order valence-electron chi connectivity index (χ1n) is 13.0. The average molecular weight is 504 g/mol. The van der Waals surface area contributed by atoms with Crippen molar-refractivity contribution < 1.29 is 31.9 Å². The first-order valence-corrected chi connectivity index (χ1v) is 13.0. The van der Waals surface area contributed by atoms with Crippen molar-refractivity contribution in [3.05, 3.63) is 35.1 Å². The third kappa shape index (κ3) is 13.0. The normalized spacial score (nSPS) is 12.4. The van der Waals surface area contributed by atoms with Crippen LogP contribution in [0.4, 0.5) is 17.6 Å². The van der Waals surface area contributed by atoms with Crippen LogP contribution in [-0.4, -0.2) is 24.5 Å². The van der Waals surface area contributed by atoms with Gasteiger partial charge in [0.15, 0.2) is 0 Å². The largest absolute Gasteiger partial charge is 0.464 e. The van der Waals surface area contributed by atoms with Gasteiger partial charge in [-0.05, 0) is 25.5 Å². The van der Waals surface area contributed by atoms with E-state index in [0.29, 0.717) is 12.5 Å². The molecule has 0 radical (unpaired) electrons. The Morgan fingerprint density at radius 3 is 1.83 bits per heavy atom. The predicted molar refractivity (Wildman–Crippen MR) is 130 cm³/mol. The molecule has 1 unspecified atom stereocenters. The molecular weight excluding hydrogens is 462 g/mol. The molecule has 0 saturated heterocycles. The van der Waals surface area contributed by atoms with E-state index in [-0.39, 0.29) is 6.61 Å². The SMILES string of the molecule is CCCCCCCCCCCCCCCCOC(=O)C(C)NC(=O)c1c(F)cccc1C(F)(F)F. The smallest absolute Gasteiger partial charge is 0.417 e. The predicted octanol–water partition coefficient (Wildman–Crippen LogP) is 7.99. The van der Waals surface area contributed by atoms with Crippen molar-refractivity contribution in [2.45, 2.75) is 116 Å². The van der Waals surface area contributed by atoms with E-state index < -0.39 is 41.0 Å². The van der Waals surface area contributed by atoms with Gasteiger partial charge in [0.2, 0.25) is 0 Å². The van der Waals surface area contributed by atoms with E-state index in [4.69, 9.17) is 4.74 Å². The van der Waals surface area contributed by atoms with E-state index in [0.717, 1.165) is 31.4 Å². The van der Waals surface area contributed by atoms with Gasteiger partial charge in [-0.1, -0.05) is 96.5 Å². The molecule has 1 N–H and O–H groups in total. The van der Waals surface area contributed by atoms with Crippen molar-refractivity contribution >= 4 is 11.9 Å². The molecule has 1 aromatic carbocycles. The van der Waals surface area contributed by atoms with Crippen LogP contribution in [-0.2, 0) is 15.7 Å². The molecule has 0 spiro atoms. The molecule has 0 aliphatic heterocycles. The molecule has 0 aromatic heterocycles. The zero-order chi connectivity index (χ0) is 26.1. The Kier molecular flexibility index (Phi) is 15.3. The molecule has 1 aromatic rings. The molecule has 0 aliphatic rings. The van der Waals surface area contributed by atoms with Gasteiger partial charge in [0, 0.05) is 0 Å².